The molecule has 82 valence electrons. The number of carboxylic acid groups (broad SMARTS) is 1. The summed E-state index contributed by atoms with van der Waals surface area (Å²) in [5, 5.41) is 11.4. The number of carboxylic acids is 1. The molecule has 0 saturated carbocycles. The van der Waals surface area contributed by atoms with Gasteiger partial charge in [0.2, 0.25) is 5.91 Å². The minimum atomic E-state index is -0.887. The molecule has 0 heterocycles. The van der Waals surface area contributed by atoms with Gasteiger partial charge in [-0.1, -0.05) is 13.8 Å². The van der Waals surface area contributed by atoms with Gasteiger partial charge < -0.3 is 10.4 Å². The topological polar surface area (TPSA) is 66.4 Å². The summed E-state index contributed by atoms with van der Waals surface area (Å²) in [6.45, 7) is 7.19. The van der Waals surface area contributed by atoms with Gasteiger partial charge in [0.25, 0.3) is 0 Å². The van der Waals surface area contributed by atoms with Crippen LogP contribution in [-0.2, 0) is 9.59 Å². The average Bonchev–Trinajstić information content (AvgIpc) is 2.00. The molecule has 0 aliphatic carbocycles. The van der Waals surface area contributed by atoms with E-state index in [2.05, 4.69) is 5.32 Å². The Balaban J connectivity index is 3.99. The lowest BCUT2D eigenvalue weighted by molar-refractivity contribution is -0.142. The van der Waals surface area contributed by atoms with Gasteiger partial charge in [0.1, 0.15) is 0 Å². The highest BCUT2D eigenvalue weighted by Crippen LogP contribution is 2.04. The van der Waals surface area contributed by atoms with E-state index in [4.69, 9.17) is 5.11 Å². The van der Waals surface area contributed by atoms with Gasteiger partial charge in [0.05, 0.1) is 5.92 Å². The van der Waals surface area contributed by atoms with Crippen molar-refractivity contribution in [2.45, 2.75) is 40.2 Å². The number of hydrogen-bond donors (Lipinski definition) is 2. The van der Waals surface area contributed by atoms with E-state index in [9.17, 15) is 9.59 Å². The highest BCUT2D eigenvalue weighted by molar-refractivity contribution is 5.78. The number of rotatable bonds is 5. The molecule has 0 saturated heterocycles. The molecule has 0 spiro atoms. The fraction of sp³-hybridized carbons (Fsp3) is 0.800. The van der Waals surface area contributed by atoms with E-state index in [1.54, 1.807) is 13.8 Å². The van der Waals surface area contributed by atoms with Gasteiger partial charge in [-0.2, -0.15) is 0 Å². The summed E-state index contributed by atoms with van der Waals surface area (Å²) >= 11 is 0. The molecule has 0 aliphatic rings. The van der Waals surface area contributed by atoms with Crippen molar-refractivity contribution in [3.63, 3.8) is 0 Å². The lowest BCUT2D eigenvalue weighted by Gasteiger charge is -2.18. The summed E-state index contributed by atoms with van der Waals surface area (Å²) in [5.74, 6) is -1.23. The molecule has 0 aromatic heterocycles. The van der Waals surface area contributed by atoms with Gasteiger partial charge in [-0.25, -0.2) is 0 Å². The van der Waals surface area contributed by atoms with E-state index < -0.39 is 11.9 Å². The van der Waals surface area contributed by atoms with Crippen LogP contribution in [0.3, 0.4) is 0 Å². The van der Waals surface area contributed by atoms with Crippen LogP contribution < -0.4 is 5.32 Å². The molecule has 0 aromatic carbocycles. The van der Waals surface area contributed by atoms with Crippen molar-refractivity contribution in [2.24, 2.45) is 11.8 Å². The summed E-state index contributed by atoms with van der Waals surface area (Å²) in [4.78, 5) is 21.9. The molecule has 0 rings (SSSR count). The normalized spacial score (nSPS) is 14.9. The van der Waals surface area contributed by atoms with Crippen LogP contribution in [0, 0.1) is 11.8 Å². The van der Waals surface area contributed by atoms with Gasteiger partial charge in [-0.15, -0.1) is 0 Å². The van der Waals surface area contributed by atoms with Crippen LogP contribution >= 0.6 is 0 Å². The average molecular weight is 201 g/mol. The molecule has 0 aromatic rings. The lowest BCUT2D eigenvalue weighted by atomic mass is 10.0. The van der Waals surface area contributed by atoms with Gasteiger partial charge in [0.15, 0.2) is 0 Å². The highest BCUT2D eigenvalue weighted by Gasteiger charge is 2.20. The van der Waals surface area contributed by atoms with Crippen molar-refractivity contribution in [3.05, 3.63) is 0 Å². The van der Waals surface area contributed by atoms with E-state index in [1.165, 1.54) is 0 Å². The third-order valence-corrected chi connectivity index (χ3v) is 2.12. The Hall–Kier alpha value is -1.06. The van der Waals surface area contributed by atoms with E-state index in [1.807, 2.05) is 13.8 Å². The van der Waals surface area contributed by atoms with Crippen molar-refractivity contribution in [1.82, 2.24) is 5.32 Å². The van der Waals surface area contributed by atoms with Gasteiger partial charge >= 0.3 is 5.97 Å². The third-order valence-electron chi connectivity index (χ3n) is 2.12. The Kier molecular flexibility index (Phi) is 5.20. The molecule has 0 fully saturated rings. The number of hydrogen-bond acceptors (Lipinski definition) is 2. The minimum Gasteiger partial charge on any atom is -0.481 e. The molecule has 0 bridgehead atoms. The number of nitrogens with one attached hydrogen (secondary N) is 1. The summed E-state index contributed by atoms with van der Waals surface area (Å²) in [7, 11) is 0. The first-order chi connectivity index (χ1) is 6.34. The Morgan fingerprint density at radius 2 is 1.71 bits per heavy atom. The first kappa shape index (κ1) is 12.9. The summed E-state index contributed by atoms with van der Waals surface area (Å²) in [6, 6.07) is -0.321. The second-order valence-corrected chi connectivity index (χ2v) is 4.08. The number of aliphatic carboxylic acids is 1. The van der Waals surface area contributed by atoms with Crippen molar-refractivity contribution < 1.29 is 14.7 Å². The lowest BCUT2D eigenvalue weighted by Crippen LogP contribution is -2.40. The fourth-order valence-corrected chi connectivity index (χ4v) is 1.02. The van der Waals surface area contributed by atoms with Crippen molar-refractivity contribution in [3.8, 4) is 0 Å². The Labute approximate surface area is 84.7 Å². The monoisotopic (exact) mass is 201 g/mol. The van der Waals surface area contributed by atoms with Crippen LogP contribution in [0.5, 0.6) is 0 Å². The van der Waals surface area contributed by atoms with Crippen LogP contribution in [0.1, 0.15) is 34.1 Å². The Bertz CT molecular complexity index is 213. The third kappa shape index (κ3) is 4.84. The van der Waals surface area contributed by atoms with E-state index in [0.29, 0.717) is 12.3 Å². The quantitative estimate of drug-likeness (QED) is 0.703. The standard InChI is InChI=1S/C10H19NO3/c1-6(2)5-9(12)11-8(4)7(3)10(13)14/h6-8H,5H2,1-4H3,(H,11,12)(H,13,14). The first-order valence-electron chi connectivity index (χ1n) is 4.86. The van der Waals surface area contributed by atoms with Crippen LogP contribution in [0.2, 0.25) is 0 Å². The van der Waals surface area contributed by atoms with Crippen molar-refractivity contribution in [2.75, 3.05) is 0 Å². The van der Waals surface area contributed by atoms with Crippen molar-refractivity contribution >= 4 is 11.9 Å². The van der Waals surface area contributed by atoms with Gasteiger partial charge in [-0.3, -0.25) is 9.59 Å². The molecular formula is C10H19NO3. The predicted octanol–water partition coefficient (Wildman–Crippen LogP) is 1.26. The minimum absolute atomic E-state index is 0.0828. The highest BCUT2D eigenvalue weighted by atomic mass is 16.4. The van der Waals surface area contributed by atoms with Gasteiger partial charge in [0, 0.05) is 12.5 Å². The first-order valence-corrected chi connectivity index (χ1v) is 4.86. The largest absolute Gasteiger partial charge is 0.481 e. The maximum atomic E-state index is 11.3. The zero-order valence-electron chi connectivity index (χ0n) is 9.20. The van der Waals surface area contributed by atoms with E-state index >= 15 is 0 Å². The zero-order valence-corrected chi connectivity index (χ0v) is 9.20. The predicted molar refractivity (Wildman–Crippen MR) is 53.9 cm³/mol. The number of carbonyl (C=O) groups excluding carboxylic acids is 1. The van der Waals surface area contributed by atoms with Crippen LogP contribution in [0.15, 0.2) is 0 Å². The number of amides is 1. The second kappa shape index (κ2) is 5.62. The zero-order chi connectivity index (χ0) is 11.3. The molecular weight excluding hydrogens is 182 g/mol. The number of carbonyl (C=O) groups is 2. The molecule has 4 heteroatoms. The van der Waals surface area contributed by atoms with Crippen LogP contribution in [0.4, 0.5) is 0 Å². The second-order valence-electron chi connectivity index (χ2n) is 4.08. The molecule has 0 radical (unpaired) electrons. The molecule has 4 nitrogen and oxygen atoms in total. The Morgan fingerprint density at radius 3 is 2.07 bits per heavy atom. The summed E-state index contributed by atoms with van der Waals surface area (Å²) < 4.78 is 0. The molecule has 2 N–H and O–H groups in total. The van der Waals surface area contributed by atoms with Crippen LogP contribution in [0.25, 0.3) is 0 Å². The summed E-state index contributed by atoms with van der Waals surface area (Å²) in [6.07, 6.45) is 0.441. The smallest absolute Gasteiger partial charge is 0.308 e. The molecule has 0 aliphatic heterocycles. The molecule has 2 unspecified atom stereocenters. The van der Waals surface area contributed by atoms with E-state index in [-0.39, 0.29) is 11.9 Å². The maximum absolute atomic E-state index is 11.3. The van der Waals surface area contributed by atoms with Gasteiger partial charge in [-0.05, 0) is 19.8 Å². The maximum Gasteiger partial charge on any atom is 0.308 e. The van der Waals surface area contributed by atoms with Crippen molar-refractivity contribution in [1.29, 1.82) is 0 Å². The molecule has 2 atom stereocenters. The Morgan fingerprint density at radius 1 is 1.21 bits per heavy atom. The van der Waals surface area contributed by atoms with Crippen LogP contribution in [-0.4, -0.2) is 23.0 Å². The summed E-state index contributed by atoms with van der Waals surface area (Å²) in [5.41, 5.74) is 0. The van der Waals surface area contributed by atoms with E-state index in [0.717, 1.165) is 0 Å². The molecule has 1 amide bonds. The SMILES string of the molecule is CC(C)CC(=O)NC(C)C(C)C(=O)O. The molecule has 14 heavy (non-hydrogen) atoms. The fourth-order valence-electron chi connectivity index (χ4n) is 1.02.